The van der Waals surface area contributed by atoms with Crippen LogP contribution in [0.25, 0.3) is 0 Å². The standard InChI is InChI=1S/C22H30O7/c1-10-6-15-20(26,17(10)25)8-13(9-23)7-14-16-19(4,5)22(16,28)18(29-12(3)24)11(2)21(14,15)27/h6-7,11,14-16,18,23,26-28H,8-9H2,1-5H3/t11-,14+,15-,16?,18-,20-,21-,22-/m1/s1. The van der Waals surface area contributed by atoms with E-state index < -0.39 is 63.7 Å². The maximum absolute atomic E-state index is 12.9. The van der Waals surface area contributed by atoms with E-state index in [0.717, 1.165) is 0 Å². The molecule has 0 aromatic heterocycles. The summed E-state index contributed by atoms with van der Waals surface area (Å²) in [5.41, 5.74) is -4.74. The largest absolute Gasteiger partial charge is 0.459 e. The monoisotopic (exact) mass is 406 g/mol. The van der Waals surface area contributed by atoms with E-state index in [1.165, 1.54) is 6.92 Å². The summed E-state index contributed by atoms with van der Waals surface area (Å²) in [4.78, 5) is 24.7. The Balaban J connectivity index is 1.95. The SMILES string of the molecule is CC(=O)O[C@@H]1[C@@H](C)[C@@]2(O)[C@@H](C=C(CO)C[C@]3(O)C(=O)C(C)=C[C@@H]23)C2C(C)(C)[C@@]21O. The van der Waals surface area contributed by atoms with Crippen LogP contribution in [-0.4, -0.2) is 61.7 Å². The van der Waals surface area contributed by atoms with Crippen molar-refractivity contribution in [1.82, 2.24) is 0 Å². The first kappa shape index (κ1) is 20.7. The third-order valence-electron chi connectivity index (χ3n) is 8.30. The summed E-state index contributed by atoms with van der Waals surface area (Å²) in [6, 6.07) is 0. The van der Waals surface area contributed by atoms with Crippen LogP contribution in [0.2, 0.25) is 0 Å². The number of fused-ring (bicyclic) bond motifs is 5. The van der Waals surface area contributed by atoms with Crippen molar-refractivity contribution in [3.05, 3.63) is 23.3 Å². The lowest BCUT2D eigenvalue weighted by molar-refractivity contribution is -0.220. The molecule has 4 rings (SSSR count). The van der Waals surface area contributed by atoms with Crippen molar-refractivity contribution in [2.75, 3.05) is 6.61 Å². The van der Waals surface area contributed by atoms with E-state index in [0.29, 0.717) is 11.1 Å². The van der Waals surface area contributed by atoms with Crippen molar-refractivity contribution >= 4 is 11.8 Å². The number of carbonyl (C=O) groups is 2. The molecule has 0 aromatic carbocycles. The average Bonchev–Trinajstić information content (AvgIpc) is 3.02. The highest BCUT2D eigenvalue weighted by Gasteiger charge is 2.85. The molecule has 1 unspecified atom stereocenters. The predicted octanol–water partition coefficient (Wildman–Crippen LogP) is 0.501. The fourth-order valence-electron chi connectivity index (χ4n) is 6.79. The summed E-state index contributed by atoms with van der Waals surface area (Å²) in [7, 11) is 0. The van der Waals surface area contributed by atoms with Gasteiger partial charge < -0.3 is 25.2 Å². The van der Waals surface area contributed by atoms with Gasteiger partial charge in [-0.25, -0.2) is 0 Å². The molecular weight excluding hydrogens is 376 g/mol. The van der Waals surface area contributed by atoms with Crippen LogP contribution < -0.4 is 0 Å². The maximum atomic E-state index is 12.9. The molecule has 0 radical (unpaired) electrons. The quantitative estimate of drug-likeness (QED) is 0.389. The summed E-state index contributed by atoms with van der Waals surface area (Å²) in [5.74, 6) is -3.83. The Hall–Kier alpha value is -1.54. The van der Waals surface area contributed by atoms with Crippen LogP contribution >= 0.6 is 0 Å². The number of esters is 1. The number of hydrogen-bond donors (Lipinski definition) is 4. The number of carbonyl (C=O) groups excluding carboxylic acids is 2. The first-order chi connectivity index (χ1) is 13.3. The van der Waals surface area contributed by atoms with Gasteiger partial charge in [-0.3, -0.25) is 9.59 Å². The minimum atomic E-state index is -1.88. The Kier molecular flexibility index (Phi) is 4.13. The molecule has 0 aromatic rings. The van der Waals surface area contributed by atoms with Crippen LogP contribution in [0.5, 0.6) is 0 Å². The zero-order valence-corrected chi connectivity index (χ0v) is 17.5. The van der Waals surface area contributed by atoms with Gasteiger partial charge >= 0.3 is 5.97 Å². The van der Waals surface area contributed by atoms with Gasteiger partial charge in [0.25, 0.3) is 0 Å². The van der Waals surface area contributed by atoms with Crippen LogP contribution in [-0.2, 0) is 14.3 Å². The minimum absolute atomic E-state index is 0.0871. The van der Waals surface area contributed by atoms with Crippen LogP contribution in [0, 0.1) is 29.1 Å². The van der Waals surface area contributed by atoms with E-state index in [1.807, 2.05) is 13.8 Å². The van der Waals surface area contributed by atoms with Crippen molar-refractivity contribution in [2.24, 2.45) is 29.1 Å². The molecular formula is C22H30O7. The van der Waals surface area contributed by atoms with E-state index in [1.54, 1.807) is 26.0 Å². The van der Waals surface area contributed by atoms with E-state index in [-0.39, 0.29) is 13.0 Å². The zero-order valence-electron chi connectivity index (χ0n) is 17.5. The topological polar surface area (TPSA) is 124 Å². The lowest BCUT2D eigenvalue weighted by Crippen LogP contribution is -2.65. The van der Waals surface area contributed by atoms with Gasteiger partial charge in [-0.05, 0) is 18.1 Å². The minimum Gasteiger partial charge on any atom is -0.459 e. The number of Topliss-reactive ketones (excluding diaryl/α,β-unsaturated/α-hetero) is 1. The third-order valence-corrected chi connectivity index (χ3v) is 8.30. The lowest BCUT2D eigenvalue weighted by atomic mass is 9.59. The fourth-order valence-corrected chi connectivity index (χ4v) is 6.79. The van der Waals surface area contributed by atoms with Crippen LogP contribution in [0.4, 0.5) is 0 Å². The van der Waals surface area contributed by atoms with Crippen LogP contribution in [0.1, 0.15) is 41.0 Å². The molecule has 4 N–H and O–H groups in total. The van der Waals surface area contributed by atoms with Gasteiger partial charge in [0, 0.05) is 42.4 Å². The second kappa shape index (κ2) is 5.78. The number of rotatable bonds is 2. The second-order valence-electron chi connectivity index (χ2n) is 10.00. The van der Waals surface area contributed by atoms with Gasteiger partial charge in [-0.1, -0.05) is 32.9 Å². The highest BCUT2D eigenvalue weighted by Crippen LogP contribution is 2.75. The molecule has 8 atom stereocenters. The lowest BCUT2D eigenvalue weighted by Gasteiger charge is -2.52. The third kappa shape index (κ3) is 2.22. The molecule has 4 aliphatic rings. The van der Waals surface area contributed by atoms with Gasteiger partial charge in [0.15, 0.2) is 5.78 Å². The van der Waals surface area contributed by atoms with Crippen LogP contribution in [0.3, 0.4) is 0 Å². The normalized spacial score (nSPS) is 49.8. The first-order valence-electron chi connectivity index (χ1n) is 10.2. The highest BCUT2D eigenvalue weighted by molar-refractivity contribution is 6.04. The molecule has 0 saturated heterocycles. The van der Waals surface area contributed by atoms with E-state index in [9.17, 15) is 30.0 Å². The summed E-state index contributed by atoms with van der Waals surface area (Å²) >= 11 is 0. The predicted molar refractivity (Wildman–Crippen MR) is 102 cm³/mol. The zero-order chi connectivity index (χ0) is 21.7. The maximum Gasteiger partial charge on any atom is 0.303 e. The molecule has 2 fully saturated rings. The van der Waals surface area contributed by atoms with Crippen molar-refractivity contribution in [3.63, 3.8) is 0 Å². The van der Waals surface area contributed by atoms with Gasteiger partial charge in [0.1, 0.15) is 17.3 Å². The number of ether oxygens (including phenoxy) is 1. The molecule has 0 heterocycles. The molecule has 0 spiro atoms. The number of aliphatic hydroxyl groups excluding tert-OH is 1. The Labute approximate surface area is 170 Å². The molecule has 0 bridgehead atoms. The number of aliphatic hydroxyl groups is 4. The average molecular weight is 406 g/mol. The summed E-state index contributed by atoms with van der Waals surface area (Å²) in [5, 5.41) is 45.0. The van der Waals surface area contributed by atoms with Crippen molar-refractivity contribution in [2.45, 2.75) is 63.9 Å². The first-order valence-corrected chi connectivity index (χ1v) is 10.2. The molecule has 0 aliphatic heterocycles. The van der Waals surface area contributed by atoms with Crippen molar-refractivity contribution in [3.8, 4) is 0 Å². The summed E-state index contributed by atoms with van der Waals surface area (Å²) in [6.07, 6.45) is 2.25. The fraction of sp³-hybridized carbons (Fsp3) is 0.727. The Bertz CT molecular complexity index is 857. The smallest absolute Gasteiger partial charge is 0.303 e. The molecule has 2 saturated carbocycles. The van der Waals surface area contributed by atoms with Gasteiger partial charge in [-0.15, -0.1) is 0 Å². The van der Waals surface area contributed by atoms with Crippen molar-refractivity contribution in [1.29, 1.82) is 0 Å². The molecule has 4 aliphatic carbocycles. The van der Waals surface area contributed by atoms with Gasteiger partial charge in [0.05, 0.1) is 12.2 Å². The molecule has 0 amide bonds. The van der Waals surface area contributed by atoms with Crippen molar-refractivity contribution < 1.29 is 34.8 Å². The summed E-state index contributed by atoms with van der Waals surface area (Å²) in [6.45, 7) is 7.90. The van der Waals surface area contributed by atoms with E-state index in [4.69, 9.17) is 4.74 Å². The van der Waals surface area contributed by atoms with E-state index in [2.05, 4.69) is 0 Å². The molecule has 160 valence electrons. The highest BCUT2D eigenvalue weighted by atomic mass is 16.6. The molecule has 7 heteroatoms. The summed E-state index contributed by atoms with van der Waals surface area (Å²) < 4.78 is 5.53. The number of ketones is 1. The Morgan fingerprint density at radius 3 is 2.41 bits per heavy atom. The Morgan fingerprint density at radius 1 is 1.24 bits per heavy atom. The Morgan fingerprint density at radius 2 is 1.86 bits per heavy atom. The van der Waals surface area contributed by atoms with Crippen LogP contribution in [0.15, 0.2) is 23.3 Å². The van der Waals surface area contributed by atoms with Gasteiger partial charge in [-0.2, -0.15) is 0 Å². The van der Waals surface area contributed by atoms with E-state index >= 15 is 0 Å². The molecule has 29 heavy (non-hydrogen) atoms. The van der Waals surface area contributed by atoms with Gasteiger partial charge in [0.2, 0.25) is 0 Å². The second-order valence-corrected chi connectivity index (χ2v) is 10.00. The molecule has 7 nitrogen and oxygen atoms in total. The number of hydrogen-bond acceptors (Lipinski definition) is 7.